The van der Waals surface area contributed by atoms with Crippen molar-refractivity contribution in [3.05, 3.63) is 94.7 Å². The van der Waals surface area contributed by atoms with Crippen LogP contribution in [0.5, 0.6) is 23.0 Å². The van der Waals surface area contributed by atoms with E-state index < -0.39 is 17.4 Å². The molecule has 238 valence electrons. The highest BCUT2D eigenvalue weighted by Crippen LogP contribution is 2.38. The molecule has 0 unspecified atom stereocenters. The second-order valence-corrected chi connectivity index (χ2v) is 11.1. The number of nitrogens with zero attached hydrogens (tertiary/aromatic N) is 5. The largest absolute Gasteiger partial charge is 0.493 e. The molecule has 1 amide bonds. The number of amides is 1. The number of rotatable bonds is 11. The van der Waals surface area contributed by atoms with Crippen molar-refractivity contribution in [1.82, 2.24) is 24.0 Å². The average molecular weight is 627 g/mol. The first-order chi connectivity index (χ1) is 22.3. The lowest BCUT2D eigenvalue weighted by molar-refractivity contribution is 0.101. The molecule has 11 nitrogen and oxygen atoms in total. The van der Waals surface area contributed by atoms with Crippen molar-refractivity contribution < 1.29 is 23.4 Å². The number of likely N-dealkylation sites (tertiary alicyclic amines) is 1. The first-order valence-electron chi connectivity index (χ1n) is 15.1. The number of ether oxygens (including phenoxy) is 3. The fraction of sp³-hybridized carbons (Fsp3) is 0.294. The molecule has 46 heavy (non-hydrogen) atoms. The fourth-order valence-corrected chi connectivity index (χ4v) is 5.75. The first-order valence-corrected chi connectivity index (χ1v) is 15.1. The van der Waals surface area contributed by atoms with Crippen LogP contribution in [0.1, 0.15) is 35.4 Å². The maximum absolute atomic E-state index is 15.3. The van der Waals surface area contributed by atoms with Crippen molar-refractivity contribution in [1.29, 1.82) is 0 Å². The molecule has 0 saturated carbocycles. The number of carbonyl (C=O) groups excluding carboxylic acids is 1. The van der Waals surface area contributed by atoms with Gasteiger partial charge in [0.2, 0.25) is 0 Å². The standard InChI is InChI=1S/C34H35FN6O5/c1-22-32(39(2)34(43)41(22)31-9-4-5-13-37-31)33(42)38-23-10-11-28(25(35)19-23)46-27-12-14-36-26-21-30(29(44-3)20-24(26)27)45-18-8-17-40-15-6-7-16-40/h4-5,9-14,19-21H,6-8,15-18H2,1-3H3,(H,38,42). The highest BCUT2D eigenvalue weighted by atomic mass is 19.1. The smallest absolute Gasteiger partial charge is 0.334 e. The number of halogens is 1. The van der Waals surface area contributed by atoms with Gasteiger partial charge in [-0.2, -0.15) is 0 Å². The lowest BCUT2D eigenvalue weighted by atomic mass is 10.1. The van der Waals surface area contributed by atoms with Gasteiger partial charge in [0.25, 0.3) is 5.91 Å². The molecule has 0 radical (unpaired) electrons. The third-order valence-electron chi connectivity index (χ3n) is 8.06. The minimum absolute atomic E-state index is 0.0448. The molecule has 1 saturated heterocycles. The second kappa shape index (κ2) is 13.4. The van der Waals surface area contributed by atoms with Crippen LogP contribution < -0.4 is 25.2 Å². The number of fused-ring (bicyclic) bond motifs is 1. The highest BCUT2D eigenvalue weighted by Gasteiger charge is 2.23. The molecule has 0 bridgehead atoms. The van der Waals surface area contributed by atoms with Crippen LogP contribution in [0.2, 0.25) is 0 Å². The molecule has 1 N–H and O–H groups in total. The summed E-state index contributed by atoms with van der Waals surface area (Å²) >= 11 is 0. The van der Waals surface area contributed by atoms with E-state index in [1.807, 2.05) is 0 Å². The van der Waals surface area contributed by atoms with E-state index in [2.05, 4.69) is 20.2 Å². The van der Waals surface area contributed by atoms with E-state index in [9.17, 15) is 9.59 Å². The molecular formula is C34H35FN6O5. The molecule has 12 heteroatoms. The van der Waals surface area contributed by atoms with E-state index >= 15 is 4.39 Å². The van der Waals surface area contributed by atoms with Crippen LogP contribution in [0.3, 0.4) is 0 Å². The zero-order valence-electron chi connectivity index (χ0n) is 26.0. The van der Waals surface area contributed by atoms with Gasteiger partial charge in [-0.25, -0.2) is 18.7 Å². The zero-order valence-corrected chi connectivity index (χ0v) is 26.0. The van der Waals surface area contributed by atoms with Gasteiger partial charge in [0, 0.05) is 49.2 Å². The Hall–Kier alpha value is -5.23. The second-order valence-electron chi connectivity index (χ2n) is 11.1. The van der Waals surface area contributed by atoms with Crippen molar-refractivity contribution in [2.75, 3.05) is 38.7 Å². The van der Waals surface area contributed by atoms with Crippen LogP contribution in [-0.4, -0.2) is 63.3 Å². The van der Waals surface area contributed by atoms with Gasteiger partial charge in [0.05, 0.1) is 24.9 Å². The molecule has 4 heterocycles. The van der Waals surface area contributed by atoms with Gasteiger partial charge in [-0.15, -0.1) is 0 Å². The minimum atomic E-state index is -0.690. The minimum Gasteiger partial charge on any atom is -0.493 e. The average Bonchev–Trinajstić information content (AvgIpc) is 3.66. The van der Waals surface area contributed by atoms with Crippen LogP contribution in [0.25, 0.3) is 16.7 Å². The quantitative estimate of drug-likeness (QED) is 0.192. The van der Waals surface area contributed by atoms with Crippen LogP contribution >= 0.6 is 0 Å². The molecule has 3 aromatic heterocycles. The molecule has 1 fully saturated rings. The lowest BCUT2D eigenvalue weighted by Gasteiger charge is -2.16. The number of hydrogen-bond acceptors (Lipinski definition) is 8. The first kappa shape index (κ1) is 30.8. The van der Waals surface area contributed by atoms with Gasteiger partial charge < -0.3 is 24.4 Å². The molecule has 2 aromatic carbocycles. The number of benzene rings is 2. The molecule has 1 aliphatic rings. The van der Waals surface area contributed by atoms with Crippen molar-refractivity contribution >= 4 is 22.5 Å². The summed E-state index contributed by atoms with van der Waals surface area (Å²) in [6, 6.07) is 14.5. The fourth-order valence-electron chi connectivity index (χ4n) is 5.75. The summed E-state index contributed by atoms with van der Waals surface area (Å²) in [5.41, 5.74) is 0.910. The molecular weight excluding hydrogens is 591 g/mol. The van der Waals surface area contributed by atoms with Gasteiger partial charge in [-0.05, 0) is 75.7 Å². The maximum atomic E-state index is 15.3. The van der Waals surface area contributed by atoms with Crippen molar-refractivity contribution in [2.24, 2.45) is 7.05 Å². The number of pyridine rings is 2. The summed E-state index contributed by atoms with van der Waals surface area (Å²) in [5.74, 6) is 0.565. The van der Waals surface area contributed by atoms with E-state index in [4.69, 9.17) is 14.2 Å². The number of imidazole rings is 1. The summed E-state index contributed by atoms with van der Waals surface area (Å²) in [5, 5.41) is 3.30. The van der Waals surface area contributed by atoms with E-state index in [0.717, 1.165) is 32.1 Å². The van der Waals surface area contributed by atoms with Crippen LogP contribution in [0.4, 0.5) is 10.1 Å². The topological polar surface area (TPSA) is 113 Å². The lowest BCUT2D eigenvalue weighted by Crippen LogP contribution is -2.24. The molecule has 0 aliphatic carbocycles. The Morgan fingerprint density at radius 1 is 0.978 bits per heavy atom. The van der Waals surface area contributed by atoms with Gasteiger partial charge in [0.15, 0.2) is 23.1 Å². The predicted molar refractivity (Wildman–Crippen MR) is 172 cm³/mol. The monoisotopic (exact) mass is 626 g/mol. The normalized spacial score (nSPS) is 13.2. The summed E-state index contributed by atoms with van der Waals surface area (Å²) in [6.07, 6.45) is 6.56. The van der Waals surface area contributed by atoms with E-state index in [-0.39, 0.29) is 17.1 Å². The van der Waals surface area contributed by atoms with Gasteiger partial charge in [-0.3, -0.25) is 14.3 Å². The van der Waals surface area contributed by atoms with Crippen LogP contribution in [0, 0.1) is 12.7 Å². The zero-order chi connectivity index (χ0) is 32.2. The summed E-state index contributed by atoms with van der Waals surface area (Å²) in [4.78, 5) is 37.3. The van der Waals surface area contributed by atoms with Gasteiger partial charge in [0.1, 0.15) is 17.3 Å². The van der Waals surface area contributed by atoms with Crippen LogP contribution in [-0.2, 0) is 7.05 Å². The van der Waals surface area contributed by atoms with Crippen molar-refractivity contribution in [3.8, 4) is 28.8 Å². The summed E-state index contributed by atoms with van der Waals surface area (Å²) in [6.45, 7) is 5.50. The number of nitrogens with one attached hydrogen (secondary N) is 1. The Kier molecular flexibility index (Phi) is 8.97. The summed E-state index contributed by atoms with van der Waals surface area (Å²) in [7, 11) is 3.06. The molecule has 5 aromatic rings. The molecule has 0 spiro atoms. The molecule has 6 rings (SSSR count). The third kappa shape index (κ3) is 6.29. The Balaban J connectivity index is 1.17. The van der Waals surface area contributed by atoms with Gasteiger partial charge >= 0.3 is 5.69 Å². The van der Waals surface area contributed by atoms with Crippen molar-refractivity contribution in [2.45, 2.75) is 26.2 Å². The third-order valence-corrected chi connectivity index (χ3v) is 8.06. The van der Waals surface area contributed by atoms with Gasteiger partial charge in [-0.1, -0.05) is 6.07 Å². The van der Waals surface area contributed by atoms with E-state index in [0.29, 0.717) is 46.3 Å². The Bertz CT molecular complexity index is 1930. The van der Waals surface area contributed by atoms with Crippen LogP contribution in [0.15, 0.2) is 71.8 Å². The number of aromatic nitrogens is 4. The number of methoxy groups -OCH3 is 1. The van der Waals surface area contributed by atoms with E-state index in [1.165, 1.54) is 41.2 Å². The Morgan fingerprint density at radius 2 is 1.80 bits per heavy atom. The Labute approximate surface area is 265 Å². The summed E-state index contributed by atoms with van der Waals surface area (Å²) < 4.78 is 35.5. The number of anilines is 1. The maximum Gasteiger partial charge on any atom is 0.334 e. The van der Waals surface area contributed by atoms with E-state index in [1.54, 1.807) is 62.8 Å². The number of carbonyl (C=O) groups is 1. The Morgan fingerprint density at radius 3 is 2.54 bits per heavy atom. The highest BCUT2D eigenvalue weighted by molar-refractivity contribution is 6.04. The molecule has 1 aliphatic heterocycles. The number of hydrogen-bond donors (Lipinski definition) is 1. The predicted octanol–water partition coefficient (Wildman–Crippen LogP) is 5.48. The molecule has 0 atom stereocenters. The SMILES string of the molecule is COc1cc2c(Oc3ccc(NC(=O)c4c(C)n(-c5ccccn5)c(=O)n4C)cc3F)ccnc2cc1OCCCN1CCCC1. The van der Waals surface area contributed by atoms with Crippen molar-refractivity contribution in [3.63, 3.8) is 0 Å².